The van der Waals surface area contributed by atoms with E-state index in [-0.39, 0.29) is 0 Å². The summed E-state index contributed by atoms with van der Waals surface area (Å²) in [5.74, 6) is 5.46. The minimum atomic E-state index is -0.492. The Morgan fingerprint density at radius 2 is 2.25 bits per heavy atom. The van der Waals surface area contributed by atoms with Gasteiger partial charge in [-0.2, -0.15) is 0 Å². The molecule has 0 atom stereocenters. The number of rotatable bonds is 1. The second-order valence-electron chi connectivity index (χ2n) is 3.99. The third-order valence-corrected chi connectivity index (χ3v) is 2.96. The maximum atomic E-state index is 10.9. The van der Waals surface area contributed by atoms with Gasteiger partial charge in [0.2, 0.25) is 0 Å². The molecule has 0 N–H and O–H groups in total. The zero-order valence-corrected chi connectivity index (χ0v) is 9.32. The van der Waals surface area contributed by atoms with Crippen LogP contribution in [0.5, 0.6) is 0 Å². The fourth-order valence-electron chi connectivity index (χ4n) is 1.79. The smallest absolute Gasteiger partial charge is 0.384 e. The Hall–Kier alpha value is -1.75. The Balaban J connectivity index is 2.14. The van der Waals surface area contributed by atoms with Gasteiger partial charge in [-0.25, -0.2) is 4.79 Å². The van der Waals surface area contributed by atoms with Crippen molar-refractivity contribution in [3.63, 3.8) is 0 Å². The minimum absolute atomic E-state index is 0.492. The Bertz CT molecular complexity index is 447. The molecule has 2 rings (SSSR count). The van der Waals surface area contributed by atoms with E-state index in [1.54, 1.807) is 0 Å². The van der Waals surface area contributed by atoms with Crippen molar-refractivity contribution in [2.45, 2.75) is 25.2 Å². The number of hydrogen-bond acceptors (Lipinski definition) is 2. The van der Waals surface area contributed by atoms with Crippen LogP contribution >= 0.6 is 0 Å². The summed E-state index contributed by atoms with van der Waals surface area (Å²) in [5, 5.41) is 0. The Morgan fingerprint density at radius 1 is 1.44 bits per heavy atom. The van der Waals surface area contributed by atoms with Crippen LogP contribution in [0.2, 0.25) is 0 Å². The highest BCUT2D eigenvalue weighted by Gasteiger charge is 2.19. The molecule has 0 radical (unpaired) electrons. The van der Waals surface area contributed by atoms with Crippen molar-refractivity contribution in [1.82, 2.24) is 0 Å². The van der Waals surface area contributed by atoms with Gasteiger partial charge in [-0.1, -0.05) is 24.5 Å². The average Bonchev–Trinajstić information content (AvgIpc) is 2.24. The Labute approximate surface area is 95.6 Å². The number of carbonyl (C=O) groups is 1. The molecule has 1 aliphatic carbocycles. The van der Waals surface area contributed by atoms with Crippen molar-refractivity contribution in [3.05, 3.63) is 35.4 Å². The van der Waals surface area contributed by atoms with Gasteiger partial charge in [-0.05, 0) is 36.5 Å². The third kappa shape index (κ3) is 2.43. The van der Waals surface area contributed by atoms with Crippen LogP contribution in [0.4, 0.5) is 0 Å². The maximum Gasteiger partial charge on any atom is 0.384 e. The normalized spacial score (nSPS) is 14.6. The van der Waals surface area contributed by atoms with Gasteiger partial charge in [0.1, 0.15) is 0 Å². The van der Waals surface area contributed by atoms with Gasteiger partial charge in [-0.3, -0.25) is 0 Å². The second kappa shape index (κ2) is 4.85. The highest BCUT2D eigenvalue weighted by Crippen LogP contribution is 2.36. The lowest BCUT2D eigenvalue weighted by Crippen LogP contribution is -2.08. The van der Waals surface area contributed by atoms with E-state index in [4.69, 9.17) is 0 Å². The lowest BCUT2D eigenvalue weighted by atomic mass is 9.80. The summed E-state index contributed by atoms with van der Waals surface area (Å²) in [6.07, 6.45) is 3.87. The molecule has 2 heteroatoms. The lowest BCUT2D eigenvalue weighted by molar-refractivity contribution is -0.133. The van der Waals surface area contributed by atoms with Crippen molar-refractivity contribution in [3.8, 4) is 11.8 Å². The molecule has 0 amide bonds. The molecule has 0 aromatic heterocycles. The van der Waals surface area contributed by atoms with Crippen molar-refractivity contribution in [2.24, 2.45) is 0 Å². The average molecular weight is 214 g/mol. The summed E-state index contributed by atoms with van der Waals surface area (Å²) >= 11 is 0. The standard InChI is InChI=1S/C14H14O2/c1-16-14(15)9-8-11-4-2-7-13(10-11)12-5-3-6-12/h2,4,7,10,12H,3,5-6H2,1H3. The van der Waals surface area contributed by atoms with Crippen LogP contribution in [0.15, 0.2) is 24.3 Å². The number of methoxy groups -OCH3 is 1. The van der Waals surface area contributed by atoms with Crippen LogP contribution < -0.4 is 0 Å². The monoisotopic (exact) mass is 214 g/mol. The summed E-state index contributed by atoms with van der Waals surface area (Å²) in [7, 11) is 1.34. The molecule has 0 spiro atoms. The van der Waals surface area contributed by atoms with Crippen molar-refractivity contribution in [1.29, 1.82) is 0 Å². The zero-order chi connectivity index (χ0) is 11.4. The van der Waals surface area contributed by atoms with Crippen molar-refractivity contribution < 1.29 is 9.53 Å². The molecule has 0 bridgehead atoms. The fourth-order valence-corrected chi connectivity index (χ4v) is 1.79. The van der Waals surface area contributed by atoms with E-state index in [9.17, 15) is 4.79 Å². The molecule has 82 valence electrons. The number of esters is 1. The van der Waals surface area contributed by atoms with E-state index in [2.05, 4.69) is 28.7 Å². The molecule has 1 aromatic rings. The third-order valence-electron chi connectivity index (χ3n) is 2.96. The summed E-state index contributed by atoms with van der Waals surface area (Å²) in [6.45, 7) is 0. The molecule has 0 heterocycles. The summed E-state index contributed by atoms with van der Waals surface area (Å²) in [6, 6.07) is 8.11. The summed E-state index contributed by atoms with van der Waals surface area (Å²) in [4.78, 5) is 10.9. The van der Waals surface area contributed by atoms with E-state index in [0.29, 0.717) is 5.92 Å². The number of ether oxygens (including phenoxy) is 1. The predicted octanol–water partition coefficient (Wildman–Crippen LogP) is 2.48. The van der Waals surface area contributed by atoms with Crippen LogP contribution in [0, 0.1) is 11.8 Å². The molecule has 16 heavy (non-hydrogen) atoms. The SMILES string of the molecule is COC(=O)C#Cc1cccc(C2CCC2)c1. The van der Waals surface area contributed by atoms with Gasteiger partial charge in [0.15, 0.2) is 0 Å². The first-order valence-corrected chi connectivity index (χ1v) is 5.49. The van der Waals surface area contributed by atoms with Gasteiger partial charge in [0, 0.05) is 11.5 Å². The second-order valence-corrected chi connectivity index (χ2v) is 3.99. The van der Waals surface area contributed by atoms with E-state index >= 15 is 0 Å². The first kappa shape index (κ1) is 10.8. The molecule has 0 saturated heterocycles. The maximum absolute atomic E-state index is 10.9. The molecule has 2 nitrogen and oxygen atoms in total. The Morgan fingerprint density at radius 3 is 2.88 bits per heavy atom. The van der Waals surface area contributed by atoms with Gasteiger partial charge in [0.25, 0.3) is 0 Å². The molecule has 1 aromatic carbocycles. The number of benzene rings is 1. The molecular formula is C14H14O2. The molecule has 0 aliphatic heterocycles. The molecular weight excluding hydrogens is 200 g/mol. The van der Waals surface area contributed by atoms with E-state index in [0.717, 1.165) is 5.56 Å². The minimum Gasteiger partial charge on any atom is -0.459 e. The molecule has 1 fully saturated rings. The lowest BCUT2D eigenvalue weighted by Gasteiger charge is -2.25. The van der Waals surface area contributed by atoms with Crippen LogP contribution in [0.3, 0.4) is 0 Å². The number of carbonyl (C=O) groups excluding carboxylic acids is 1. The van der Waals surface area contributed by atoms with Crippen LogP contribution in [0.1, 0.15) is 36.3 Å². The van der Waals surface area contributed by atoms with Crippen LogP contribution in [-0.4, -0.2) is 13.1 Å². The topological polar surface area (TPSA) is 26.3 Å². The van der Waals surface area contributed by atoms with Gasteiger partial charge in [-0.15, -0.1) is 0 Å². The van der Waals surface area contributed by atoms with Crippen LogP contribution in [0.25, 0.3) is 0 Å². The van der Waals surface area contributed by atoms with E-state index < -0.39 is 5.97 Å². The van der Waals surface area contributed by atoms with Gasteiger partial charge >= 0.3 is 5.97 Å². The molecule has 1 saturated carbocycles. The number of hydrogen-bond donors (Lipinski definition) is 0. The quantitative estimate of drug-likeness (QED) is 0.530. The predicted molar refractivity (Wildman–Crippen MR) is 61.9 cm³/mol. The molecule has 1 aliphatic rings. The van der Waals surface area contributed by atoms with Crippen molar-refractivity contribution in [2.75, 3.05) is 7.11 Å². The van der Waals surface area contributed by atoms with E-state index in [1.807, 2.05) is 12.1 Å². The summed E-state index contributed by atoms with van der Waals surface area (Å²) in [5.41, 5.74) is 2.22. The first-order valence-electron chi connectivity index (χ1n) is 5.49. The fraction of sp³-hybridized carbons (Fsp3) is 0.357. The van der Waals surface area contributed by atoms with Crippen molar-refractivity contribution >= 4 is 5.97 Å². The highest BCUT2D eigenvalue weighted by atomic mass is 16.5. The zero-order valence-electron chi connectivity index (χ0n) is 9.32. The van der Waals surface area contributed by atoms with Crippen LogP contribution in [-0.2, 0) is 9.53 Å². The van der Waals surface area contributed by atoms with Gasteiger partial charge < -0.3 is 4.74 Å². The highest BCUT2D eigenvalue weighted by molar-refractivity contribution is 5.89. The first-order chi connectivity index (χ1) is 7.79. The largest absolute Gasteiger partial charge is 0.459 e. The van der Waals surface area contributed by atoms with Gasteiger partial charge in [0.05, 0.1) is 7.11 Å². The summed E-state index contributed by atoms with van der Waals surface area (Å²) < 4.78 is 4.47. The Kier molecular flexibility index (Phi) is 3.26. The van der Waals surface area contributed by atoms with E-state index in [1.165, 1.54) is 31.9 Å². The molecule has 0 unspecified atom stereocenters.